The Morgan fingerprint density at radius 3 is 2.57 bits per heavy atom. The normalized spacial score (nSPS) is 13.8. The van der Waals surface area contributed by atoms with Crippen LogP contribution in [-0.4, -0.2) is 35.3 Å². The summed E-state index contributed by atoms with van der Waals surface area (Å²) in [5.74, 6) is -3.26. The Balaban J connectivity index is 2.47. The number of esters is 1. The molecule has 0 radical (unpaired) electrons. The molecular weight excluding hydrogens is 402 g/mol. The van der Waals surface area contributed by atoms with Crippen LogP contribution < -0.4 is 10.6 Å². The van der Waals surface area contributed by atoms with Gasteiger partial charge in [0.2, 0.25) is 5.91 Å². The molecule has 0 fully saturated rings. The largest absolute Gasteiger partial charge is 0.463 e. The predicted octanol–water partition coefficient (Wildman–Crippen LogP) is 3.98. The number of nitrogens with one attached hydrogen (secondary N) is 2. The van der Waals surface area contributed by atoms with Gasteiger partial charge in [0.05, 0.1) is 16.8 Å². The maximum absolute atomic E-state index is 14.0. The van der Waals surface area contributed by atoms with Crippen molar-refractivity contribution in [1.29, 1.82) is 0 Å². The monoisotopic (exact) mass is 421 g/mol. The molecule has 28 heavy (non-hydrogen) atoms. The highest BCUT2D eigenvalue weighted by Crippen LogP contribution is 2.36. The fourth-order valence-electron chi connectivity index (χ4n) is 2.35. The number of anilines is 1. The number of nitrogens with zero attached hydrogens (tertiary/aromatic N) is 1. The second-order valence-electron chi connectivity index (χ2n) is 5.88. The van der Waals surface area contributed by atoms with Gasteiger partial charge in [0.25, 0.3) is 0 Å². The second kappa shape index (κ2) is 8.72. The maximum Gasteiger partial charge on any atom is 0.442 e. The summed E-state index contributed by atoms with van der Waals surface area (Å²) in [6, 6.07) is 3.52. The fourth-order valence-corrected chi connectivity index (χ4v) is 3.30. The van der Waals surface area contributed by atoms with Crippen molar-refractivity contribution in [2.75, 3.05) is 11.9 Å². The summed E-state index contributed by atoms with van der Waals surface area (Å²) in [5.41, 5.74) is -3.27. The number of alkyl halides is 3. The average molecular weight is 421 g/mol. The highest BCUT2D eigenvalue weighted by atomic mass is 32.1. The zero-order valence-electron chi connectivity index (χ0n) is 15.2. The molecule has 1 atom stereocenters. The van der Waals surface area contributed by atoms with E-state index in [2.05, 4.69) is 9.72 Å². The Hall–Kier alpha value is -2.43. The fraction of sp³-hybridized carbons (Fsp3) is 0.471. The van der Waals surface area contributed by atoms with Crippen LogP contribution in [0.2, 0.25) is 0 Å². The van der Waals surface area contributed by atoms with Crippen LogP contribution in [0.1, 0.15) is 33.1 Å². The highest BCUT2D eigenvalue weighted by Gasteiger charge is 2.64. The number of hydrogen-bond donors (Lipinski definition) is 2. The van der Waals surface area contributed by atoms with Crippen LogP contribution in [-0.2, 0) is 14.3 Å². The number of carbonyl (C=O) groups excluding carboxylic acids is 2. The molecule has 154 valence electrons. The lowest BCUT2D eigenvalue weighted by atomic mass is 10.1. The number of carbonyl (C=O) groups is 2. The summed E-state index contributed by atoms with van der Waals surface area (Å²) in [4.78, 5) is 28.3. The molecule has 0 bridgehead atoms. The van der Waals surface area contributed by atoms with Crippen molar-refractivity contribution in [1.82, 2.24) is 10.3 Å². The van der Waals surface area contributed by atoms with Gasteiger partial charge in [-0.05, 0) is 31.5 Å². The van der Waals surface area contributed by atoms with Gasteiger partial charge < -0.3 is 15.4 Å². The summed E-state index contributed by atoms with van der Waals surface area (Å²) < 4.78 is 60.1. The van der Waals surface area contributed by atoms with Crippen LogP contribution in [0.25, 0.3) is 10.2 Å². The third kappa shape index (κ3) is 4.70. The number of halogens is 4. The third-order valence-corrected chi connectivity index (χ3v) is 4.67. The van der Waals surface area contributed by atoms with Crippen molar-refractivity contribution in [2.24, 2.45) is 0 Å². The van der Waals surface area contributed by atoms with Gasteiger partial charge >= 0.3 is 17.8 Å². The van der Waals surface area contributed by atoms with Crippen molar-refractivity contribution in [3.63, 3.8) is 0 Å². The molecule has 6 nitrogen and oxygen atoms in total. The Bertz CT molecular complexity index is 856. The van der Waals surface area contributed by atoms with Crippen LogP contribution in [0.5, 0.6) is 0 Å². The van der Waals surface area contributed by atoms with Gasteiger partial charge in [-0.15, -0.1) is 0 Å². The molecule has 1 amide bonds. The predicted molar refractivity (Wildman–Crippen MR) is 96.3 cm³/mol. The van der Waals surface area contributed by atoms with Gasteiger partial charge in [-0.25, -0.2) is 14.2 Å². The Morgan fingerprint density at radius 1 is 1.25 bits per heavy atom. The van der Waals surface area contributed by atoms with Gasteiger partial charge in [-0.2, -0.15) is 13.2 Å². The van der Waals surface area contributed by atoms with E-state index in [1.54, 1.807) is 12.2 Å². The number of hydrogen-bond acceptors (Lipinski definition) is 6. The minimum atomic E-state index is -5.23. The topological polar surface area (TPSA) is 80.3 Å². The molecule has 0 aliphatic heterocycles. The zero-order valence-corrected chi connectivity index (χ0v) is 16.0. The van der Waals surface area contributed by atoms with E-state index in [1.165, 1.54) is 13.0 Å². The molecule has 0 aliphatic rings. The van der Waals surface area contributed by atoms with E-state index < -0.39 is 29.5 Å². The van der Waals surface area contributed by atoms with Crippen molar-refractivity contribution < 1.29 is 31.9 Å². The Labute approximate surface area is 162 Å². The summed E-state index contributed by atoms with van der Waals surface area (Å²) in [6.07, 6.45) is -4.49. The molecule has 11 heteroatoms. The molecule has 1 aromatic heterocycles. The van der Waals surface area contributed by atoms with Crippen molar-refractivity contribution in [2.45, 2.75) is 44.9 Å². The first-order valence-corrected chi connectivity index (χ1v) is 9.33. The minimum absolute atomic E-state index is 0.194. The summed E-state index contributed by atoms with van der Waals surface area (Å²) in [5, 5.41) is 3.41. The number of benzene rings is 1. The van der Waals surface area contributed by atoms with E-state index in [1.807, 2.05) is 5.32 Å². The van der Waals surface area contributed by atoms with Crippen LogP contribution in [0, 0.1) is 5.82 Å². The minimum Gasteiger partial charge on any atom is -0.463 e. The van der Waals surface area contributed by atoms with Gasteiger partial charge in [0.15, 0.2) is 5.13 Å². The first-order valence-electron chi connectivity index (χ1n) is 8.52. The number of unbranched alkanes of at least 4 members (excludes halogenated alkanes) is 1. The van der Waals surface area contributed by atoms with Crippen LogP contribution in [0.4, 0.5) is 22.7 Å². The molecule has 1 aromatic carbocycles. The standard InChI is InChI=1S/C17H19F4N3O3S/c1-3-5-6-13(25)23-16(17(19,20)21,14(26)27-4-2)24-15-22-11-8-7-10(18)9-12(11)28-15/h7-9H,3-6H2,1-2H3,(H,22,24)(H,23,25)/t16-/m0/s1. The molecular formula is C17H19F4N3O3S. The second-order valence-corrected chi connectivity index (χ2v) is 6.91. The van der Waals surface area contributed by atoms with Gasteiger partial charge in [-0.3, -0.25) is 4.79 Å². The van der Waals surface area contributed by atoms with E-state index in [-0.39, 0.29) is 28.4 Å². The van der Waals surface area contributed by atoms with Gasteiger partial charge in [-0.1, -0.05) is 24.7 Å². The van der Waals surface area contributed by atoms with Crippen LogP contribution >= 0.6 is 11.3 Å². The SMILES string of the molecule is CCCCC(=O)N[C@](Nc1nc2ccc(F)cc2s1)(C(=O)OCC)C(F)(F)F. The first kappa shape index (κ1) is 21.9. The molecule has 2 aromatic rings. The van der Waals surface area contributed by atoms with E-state index in [0.29, 0.717) is 24.2 Å². The lowest BCUT2D eigenvalue weighted by Crippen LogP contribution is -2.69. The highest BCUT2D eigenvalue weighted by molar-refractivity contribution is 7.22. The molecule has 2 N–H and O–H groups in total. The Kier molecular flexibility index (Phi) is 6.81. The molecule has 1 heterocycles. The van der Waals surface area contributed by atoms with E-state index >= 15 is 0 Å². The number of rotatable bonds is 8. The average Bonchev–Trinajstić information content (AvgIpc) is 2.99. The van der Waals surface area contributed by atoms with Crippen LogP contribution in [0.15, 0.2) is 18.2 Å². The van der Waals surface area contributed by atoms with Crippen molar-refractivity contribution in [3.05, 3.63) is 24.0 Å². The smallest absolute Gasteiger partial charge is 0.442 e. The lowest BCUT2D eigenvalue weighted by Gasteiger charge is -2.34. The number of amides is 1. The molecule has 0 aliphatic carbocycles. The summed E-state index contributed by atoms with van der Waals surface area (Å²) in [7, 11) is 0. The molecule has 0 saturated heterocycles. The number of aromatic nitrogens is 1. The summed E-state index contributed by atoms with van der Waals surface area (Å²) >= 11 is 0.714. The molecule has 0 saturated carbocycles. The lowest BCUT2D eigenvalue weighted by molar-refractivity contribution is -0.207. The zero-order chi connectivity index (χ0) is 20.9. The number of thiazole rings is 1. The number of ether oxygens (including phenoxy) is 1. The van der Waals surface area contributed by atoms with Gasteiger partial charge in [0, 0.05) is 6.42 Å². The Morgan fingerprint density at radius 2 is 1.96 bits per heavy atom. The van der Waals surface area contributed by atoms with Gasteiger partial charge in [0.1, 0.15) is 5.82 Å². The quantitative estimate of drug-likeness (QED) is 0.383. The summed E-state index contributed by atoms with van der Waals surface area (Å²) in [6.45, 7) is 2.79. The maximum atomic E-state index is 14.0. The first-order chi connectivity index (χ1) is 13.1. The van der Waals surface area contributed by atoms with Crippen molar-refractivity contribution >= 4 is 38.6 Å². The molecule has 2 rings (SSSR count). The van der Waals surface area contributed by atoms with E-state index in [9.17, 15) is 27.2 Å². The molecule has 0 unspecified atom stereocenters. The number of fused-ring (bicyclic) bond motifs is 1. The third-order valence-electron chi connectivity index (χ3n) is 3.74. The molecule has 0 spiro atoms. The van der Waals surface area contributed by atoms with Crippen LogP contribution in [0.3, 0.4) is 0 Å². The van der Waals surface area contributed by atoms with E-state index in [0.717, 1.165) is 12.1 Å². The van der Waals surface area contributed by atoms with Crippen molar-refractivity contribution in [3.8, 4) is 0 Å². The van der Waals surface area contributed by atoms with E-state index in [4.69, 9.17) is 0 Å².